The van der Waals surface area contributed by atoms with Crippen LogP contribution in [0.2, 0.25) is 0 Å². The Morgan fingerprint density at radius 3 is 2.60 bits per heavy atom. The monoisotopic (exact) mass is 283 g/mol. The molecule has 1 heterocycles. The average Bonchev–Trinajstić information content (AvgIpc) is 2.44. The van der Waals surface area contributed by atoms with E-state index in [9.17, 15) is 8.78 Å². The van der Waals surface area contributed by atoms with Gasteiger partial charge in [0.1, 0.15) is 11.6 Å². The van der Waals surface area contributed by atoms with Crippen LogP contribution in [0.4, 0.5) is 8.78 Å². The summed E-state index contributed by atoms with van der Waals surface area (Å²) in [5.74, 6) is -0.807. The molecular weight excluding hydrogens is 260 g/mol. The molecule has 112 valence electrons. The highest BCUT2D eigenvalue weighted by molar-refractivity contribution is 5.23. The highest BCUT2D eigenvalue weighted by Crippen LogP contribution is 2.27. The third kappa shape index (κ3) is 3.34. The Kier molecular flexibility index (Phi) is 5.07. The van der Waals surface area contributed by atoms with Crippen molar-refractivity contribution in [2.45, 2.75) is 24.9 Å². The molecule has 20 heavy (non-hydrogen) atoms. The van der Waals surface area contributed by atoms with Crippen LogP contribution in [0.1, 0.15) is 24.4 Å². The molecule has 0 radical (unpaired) electrons. The Bertz CT molecular complexity index is 445. The van der Waals surface area contributed by atoms with Crippen LogP contribution in [0.3, 0.4) is 0 Å². The van der Waals surface area contributed by atoms with E-state index < -0.39 is 5.82 Å². The summed E-state index contributed by atoms with van der Waals surface area (Å²) in [5, 5.41) is 0. The zero-order chi connectivity index (χ0) is 14.7. The van der Waals surface area contributed by atoms with Gasteiger partial charge in [0, 0.05) is 24.2 Å². The quantitative estimate of drug-likeness (QED) is 0.917. The lowest BCUT2D eigenvalue weighted by Gasteiger charge is -2.39. The highest BCUT2D eigenvalue weighted by Gasteiger charge is 2.27. The number of hydrogen-bond donors (Lipinski definition) is 1. The van der Waals surface area contributed by atoms with Crippen LogP contribution in [0, 0.1) is 11.6 Å². The van der Waals surface area contributed by atoms with E-state index in [2.05, 4.69) is 16.8 Å². The van der Waals surface area contributed by atoms with Crippen molar-refractivity contribution >= 4 is 0 Å². The molecule has 3 nitrogen and oxygen atoms in total. The lowest BCUT2D eigenvalue weighted by molar-refractivity contribution is 0.108. The Morgan fingerprint density at radius 1 is 1.35 bits per heavy atom. The van der Waals surface area contributed by atoms with Crippen molar-refractivity contribution in [1.82, 2.24) is 9.80 Å². The first kappa shape index (κ1) is 15.4. The number of benzene rings is 1. The molecule has 0 aliphatic carbocycles. The second-order valence-corrected chi connectivity index (χ2v) is 5.62. The van der Waals surface area contributed by atoms with E-state index in [0.29, 0.717) is 11.6 Å². The average molecular weight is 283 g/mol. The number of hydrogen-bond acceptors (Lipinski definition) is 3. The SMILES string of the molecule is CN1CCC(N(C)C(CN)c2cc(F)ccc2F)CC1. The Labute approximate surface area is 119 Å². The third-order valence-corrected chi connectivity index (χ3v) is 4.30. The first-order valence-corrected chi connectivity index (χ1v) is 7.08. The summed E-state index contributed by atoms with van der Waals surface area (Å²) in [7, 11) is 4.06. The minimum Gasteiger partial charge on any atom is -0.329 e. The molecule has 2 rings (SSSR count). The van der Waals surface area contributed by atoms with Crippen LogP contribution in [0.25, 0.3) is 0 Å². The van der Waals surface area contributed by atoms with Crippen molar-refractivity contribution in [3.63, 3.8) is 0 Å². The maximum Gasteiger partial charge on any atom is 0.128 e. The highest BCUT2D eigenvalue weighted by atomic mass is 19.1. The molecule has 0 bridgehead atoms. The van der Waals surface area contributed by atoms with Gasteiger partial charge >= 0.3 is 0 Å². The van der Waals surface area contributed by atoms with Crippen LogP contribution in [0.5, 0.6) is 0 Å². The molecule has 1 saturated heterocycles. The zero-order valence-electron chi connectivity index (χ0n) is 12.1. The van der Waals surface area contributed by atoms with E-state index >= 15 is 0 Å². The summed E-state index contributed by atoms with van der Waals surface area (Å²) in [6, 6.07) is 3.66. The van der Waals surface area contributed by atoms with Gasteiger partial charge in [-0.2, -0.15) is 0 Å². The summed E-state index contributed by atoms with van der Waals surface area (Å²) in [6.07, 6.45) is 2.06. The van der Waals surface area contributed by atoms with Gasteiger partial charge in [-0.05, 0) is 58.2 Å². The predicted molar refractivity (Wildman–Crippen MR) is 76.4 cm³/mol. The zero-order valence-corrected chi connectivity index (χ0v) is 12.1. The molecule has 0 amide bonds. The number of likely N-dealkylation sites (tertiary alicyclic amines) is 1. The Morgan fingerprint density at radius 2 is 2.00 bits per heavy atom. The molecule has 1 aromatic carbocycles. The first-order chi connectivity index (χ1) is 9.52. The fourth-order valence-corrected chi connectivity index (χ4v) is 2.94. The summed E-state index contributed by atoms with van der Waals surface area (Å²) < 4.78 is 27.3. The summed E-state index contributed by atoms with van der Waals surface area (Å²) in [5.41, 5.74) is 6.17. The summed E-state index contributed by atoms with van der Waals surface area (Å²) in [6.45, 7) is 2.33. The van der Waals surface area contributed by atoms with Crippen molar-refractivity contribution < 1.29 is 8.78 Å². The molecule has 1 aliphatic heterocycles. The van der Waals surface area contributed by atoms with Crippen molar-refractivity contribution in [3.8, 4) is 0 Å². The van der Waals surface area contributed by atoms with Crippen LogP contribution in [0.15, 0.2) is 18.2 Å². The summed E-state index contributed by atoms with van der Waals surface area (Å²) in [4.78, 5) is 4.38. The second-order valence-electron chi connectivity index (χ2n) is 5.62. The van der Waals surface area contributed by atoms with Gasteiger partial charge in [-0.1, -0.05) is 0 Å². The largest absolute Gasteiger partial charge is 0.329 e. The van der Waals surface area contributed by atoms with E-state index in [1.165, 1.54) is 12.1 Å². The number of nitrogens with zero attached hydrogens (tertiary/aromatic N) is 2. The summed E-state index contributed by atoms with van der Waals surface area (Å²) >= 11 is 0. The topological polar surface area (TPSA) is 32.5 Å². The van der Waals surface area contributed by atoms with Crippen molar-refractivity contribution in [3.05, 3.63) is 35.4 Å². The fraction of sp³-hybridized carbons (Fsp3) is 0.600. The van der Waals surface area contributed by atoms with Crippen LogP contribution in [-0.4, -0.2) is 49.6 Å². The Hall–Kier alpha value is -1.04. The first-order valence-electron chi connectivity index (χ1n) is 7.08. The minimum atomic E-state index is -0.420. The van der Waals surface area contributed by atoms with E-state index in [0.717, 1.165) is 32.0 Å². The standard InChI is InChI=1S/C15H23F2N3/c1-19-7-5-12(6-8-19)20(2)15(10-18)13-9-11(16)3-4-14(13)17/h3-4,9,12,15H,5-8,10,18H2,1-2H3. The van der Waals surface area contributed by atoms with Gasteiger partial charge in [0.25, 0.3) is 0 Å². The molecule has 0 spiro atoms. The fourth-order valence-electron chi connectivity index (χ4n) is 2.94. The third-order valence-electron chi connectivity index (χ3n) is 4.30. The van der Waals surface area contributed by atoms with Crippen LogP contribution in [-0.2, 0) is 0 Å². The van der Waals surface area contributed by atoms with Gasteiger partial charge in [0.15, 0.2) is 0 Å². The van der Waals surface area contributed by atoms with Crippen LogP contribution < -0.4 is 5.73 Å². The van der Waals surface area contributed by atoms with Gasteiger partial charge < -0.3 is 10.6 Å². The molecular formula is C15H23F2N3. The Balaban J connectivity index is 2.16. The van der Waals surface area contributed by atoms with E-state index in [1.807, 2.05) is 7.05 Å². The van der Waals surface area contributed by atoms with Gasteiger partial charge in [0.2, 0.25) is 0 Å². The number of rotatable bonds is 4. The molecule has 1 fully saturated rings. The number of likely N-dealkylation sites (N-methyl/N-ethyl adjacent to an activating group) is 1. The van der Waals surface area contributed by atoms with Gasteiger partial charge in [0.05, 0.1) is 0 Å². The van der Waals surface area contributed by atoms with Gasteiger partial charge in [-0.15, -0.1) is 0 Å². The lowest BCUT2D eigenvalue weighted by Crippen LogP contribution is -2.45. The van der Waals surface area contributed by atoms with E-state index in [-0.39, 0.29) is 18.4 Å². The molecule has 1 atom stereocenters. The smallest absolute Gasteiger partial charge is 0.128 e. The number of piperidine rings is 1. The number of halogens is 2. The molecule has 1 unspecified atom stereocenters. The van der Waals surface area contributed by atoms with Gasteiger partial charge in [-0.3, -0.25) is 4.90 Å². The maximum atomic E-state index is 13.9. The second kappa shape index (κ2) is 6.61. The molecule has 1 aromatic rings. The van der Waals surface area contributed by atoms with Crippen LogP contribution >= 0.6 is 0 Å². The molecule has 5 heteroatoms. The molecule has 2 N–H and O–H groups in total. The molecule has 1 aliphatic rings. The maximum absolute atomic E-state index is 13.9. The van der Waals surface area contributed by atoms with E-state index in [4.69, 9.17) is 5.73 Å². The van der Waals surface area contributed by atoms with Gasteiger partial charge in [-0.25, -0.2) is 8.78 Å². The van der Waals surface area contributed by atoms with E-state index in [1.54, 1.807) is 0 Å². The molecule has 0 saturated carbocycles. The molecule has 0 aromatic heterocycles. The van der Waals surface area contributed by atoms with Crippen molar-refractivity contribution in [1.29, 1.82) is 0 Å². The predicted octanol–water partition coefficient (Wildman–Crippen LogP) is 1.99. The van der Waals surface area contributed by atoms with Crippen molar-refractivity contribution in [2.24, 2.45) is 5.73 Å². The normalized spacial score (nSPS) is 19.5. The number of nitrogens with two attached hydrogens (primary N) is 1. The van der Waals surface area contributed by atoms with Crippen molar-refractivity contribution in [2.75, 3.05) is 33.7 Å². The minimum absolute atomic E-state index is 0.279. The lowest BCUT2D eigenvalue weighted by atomic mass is 9.98.